The molecule has 12 nitrogen and oxygen atoms in total. The summed E-state index contributed by atoms with van der Waals surface area (Å²) in [5.41, 5.74) is 4.52. The Kier molecular flexibility index (Phi) is 10.0. The monoisotopic (exact) mass is 668 g/mol. The van der Waals surface area contributed by atoms with Gasteiger partial charge in [-0.25, -0.2) is 18.7 Å². The van der Waals surface area contributed by atoms with Gasteiger partial charge in [-0.3, -0.25) is 23.6 Å². The van der Waals surface area contributed by atoms with Gasteiger partial charge in [0.15, 0.2) is 17.2 Å². The van der Waals surface area contributed by atoms with Crippen LogP contribution in [0.5, 0.6) is 0 Å². The van der Waals surface area contributed by atoms with Crippen LogP contribution >= 0.6 is 11.6 Å². The molecule has 1 aliphatic rings. The Balaban J connectivity index is 1.28. The van der Waals surface area contributed by atoms with Gasteiger partial charge in [0, 0.05) is 57.0 Å². The third-order valence-corrected chi connectivity index (χ3v) is 7.56. The zero-order valence-corrected chi connectivity index (χ0v) is 25.0. The average molecular weight is 669 g/mol. The Hall–Kier alpha value is -4.35. The first-order valence-electron chi connectivity index (χ1n) is 14.2. The van der Waals surface area contributed by atoms with Gasteiger partial charge in [-0.05, 0) is 31.2 Å². The molecule has 0 atom stereocenters. The largest absolute Gasteiger partial charge is 0.435 e. The lowest BCUT2D eigenvalue weighted by Gasteiger charge is -2.34. The number of imidazole rings is 1. The molecular formula is C28H30ClF5N10O2. The number of alkyl halides is 5. The predicted molar refractivity (Wildman–Crippen MR) is 159 cm³/mol. The number of anilines is 2. The smallest absolute Gasteiger partial charge is 0.355 e. The van der Waals surface area contributed by atoms with Gasteiger partial charge in [0.25, 0.3) is 12.3 Å². The molecule has 2 amide bonds. The van der Waals surface area contributed by atoms with Crippen LogP contribution in [0.2, 0.25) is 5.02 Å². The summed E-state index contributed by atoms with van der Waals surface area (Å²) in [4.78, 5) is 37.4. The summed E-state index contributed by atoms with van der Waals surface area (Å²) in [6, 6.07) is 4.67. The van der Waals surface area contributed by atoms with Crippen molar-refractivity contribution < 1.29 is 31.5 Å². The van der Waals surface area contributed by atoms with Crippen LogP contribution in [-0.4, -0.2) is 98.0 Å². The highest BCUT2D eigenvalue weighted by Gasteiger charge is 2.38. The van der Waals surface area contributed by atoms with E-state index in [0.717, 1.165) is 6.20 Å². The van der Waals surface area contributed by atoms with E-state index in [-0.39, 0.29) is 46.1 Å². The number of nitrogens with two attached hydrogens (primary N) is 1. The van der Waals surface area contributed by atoms with E-state index in [1.165, 1.54) is 29.1 Å². The fraction of sp³-hybridized carbons (Fsp3) is 0.393. The molecule has 46 heavy (non-hydrogen) atoms. The zero-order chi connectivity index (χ0) is 33.0. The van der Waals surface area contributed by atoms with Crippen LogP contribution in [0.25, 0.3) is 16.9 Å². The molecule has 18 heteroatoms. The second-order valence-corrected chi connectivity index (χ2v) is 10.9. The number of benzene rings is 1. The summed E-state index contributed by atoms with van der Waals surface area (Å²) in [5, 5.41) is 9.33. The molecule has 1 aromatic carbocycles. The molecule has 1 aliphatic heterocycles. The molecule has 0 unspecified atom stereocenters. The zero-order valence-electron chi connectivity index (χ0n) is 24.3. The lowest BCUT2D eigenvalue weighted by atomic mass is 10.1. The molecule has 3 aromatic heterocycles. The van der Waals surface area contributed by atoms with Crippen LogP contribution in [0.3, 0.4) is 0 Å². The third-order valence-electron chi connectivity index (χ3n) is 7.25. The first-order chi connectivity index (χ1) is 21.9. The highest BCUT2D eigenvalue weighted by molar-refractivity contribution is 6.34. The molecule has 0 bridgehead atoms. The van der Waals surface area contributed by atoms with Gasteiger partial charge < -0.3 is 21.3 Å². The fourth-order valence-electron chi connectivity index (χ4n) is 5.03. The molecule has 1 saturated heterocycles. The standard InChI is InChI=1S/C28H30ClF5N10O2/c29-20-12-17(2-3-18(20)27(46)42-10-8-41(9-11-42)16-23(45)36-5-1-4-35)39-25-26-38-13-21(44(26)7-6-37-25)19-14-43(15-22(30)31)40-24(19)28(32,33)34/h2-3,6-7,12-14,22H,1,4-5,8-11,15-16,35H2,(H,36,45)(H,37,39). The van der Waals surface area contributed by atoms with E-state index in [2.05, 4.69) is 25.7 Å². The maximum absolute atomic E-state index is 13.7. The van der Waals surface area contributed by atoms with E-state index in [1.54, 1.807) is 17.0 Å². The van der Waals surface area contributed by atoms with Crippen molar-refractivity contribution in [3.8, 4) is 11.3 Å². The number of nitrogens with zero attached hydrogens (tertiary/aromatic N) is 7. The molecule has 246 valence electrons. The predicted octanol–water partition coefficient (Wildman–Crippen LogP) is 3.50. The average Bonchev–Trinajstić information content (AvgIpc) is 3.62. The van der Waals surface area contributed by atoms with E-state index < -0.39 is 30.4 Å². The first-order valence-corrected chi connectivity index (χ1v) is 14.6. The molecule has 0 saturated carbocycles. The highest BCUT2D eigenvalue weighted by atomic mass is 35.5. The second kappa shape index (κ2) is 14.0. The van der Waals surface area contributed by atoms with Crippen LogP contribution in [-0.2, 0) is 17.5 Å². The van der Waals surface area contributed by atoms with Gasteiger partial charge >= 0.3 is 6.18 Å². The third kappa shape index (κ3) is 7.54. The molecule has 0 spiro atoms. The van der Waals surface area contributed by atoms with Gasteiger partial charge in [0.2, 0.25) is 5.91 Å². The number of nitrogens with one attached hydrogen (secondary N) is 2. The van der Waals surface area contributed by atoms with Gasteiger partial charge in [-0.1, -0.05) is 11.6 Å². The van der Waals surface area contributed by atoms with Gasteiger partial charge in [0.1, 0.15) is 6.54 Å². The van der Waals surface area contributed by atoms with E-state index >= 15 is 0 Å². The van der Waals surface area contributed by atoms with Crippen molar-refractivity contribution in [2.24, 2.45) is 5.73 Å². The van der Waals surface area contributed by atoms with Crippen molar-refractivity contribution in [1.82, 2.24) is 39.3 Å². The molecular weight excluding hydrogens is 639 g/mol. The van der Waals surface area contributed by atoms with Crippen molar-refractivity contribution >= 4 is 40.6 Å². The summed E-state index contributed by atoms with van der Waals surface area (Å²) in [5.74, 6) is -0.196. The minimum atomic E-state index is -4.90. The van der Waals surface area contributed by atoms with Crippen molar-refractivity contribution in [2.45, 2.75) is 25.6 Å². The second-order valence-electron chi connectivity index (χ2n) is 10.5. The van der Waals surface area contributed by atoms with Gasteiger partial charge in [0.05, 0.1) is 34.6 Å². The number of rotatable bonds is 11. The molecule has 4 N–H and O–H groups in total. The Bertz CT molecular complexity index is 1700. The van der Waals surface area contributed by atoms with Crippen LogP contribution in [0.15, 0.2) is 43.0 Å². The van der Waals surface area contributed by atoms with E-state index in [1.807, 2.05) is 4.90 Å². The number of halogens is 6. The lowest BCUT2D eigenvalue weighted by molar-refractivity contribution is -0.141. The lowest BCUT2D eigenvalue weighted by Crippen LogP contribution is -2.51. The number of carbonyl (C=O) groups is 2. The maximum Gasteiger partial charge on any atom is 0.435 e. The number of hydrogen-bond donors (Lipinski definition) is 3. The molecule has 0 radical (unpaired) electrons. The van der Waals surface area contributed by atoms with Crippen molar-refractivity contribution in [1.29, 1.82) is 0 Å². The SMILES string of the molecule is NCCCNC(=O)CN1CCN(C(=O)c2ccc(Nc3nccn4c(-c5cn(CC(F)F)nc5C(F)(F)F)cnc34)cc2Cl)CC1. The Morgan fingerprint density at radius 1 is 1.11 bits per heavy atom. The minimum Gasteiger partial charge on any atom is -0.355 e. The topological polar surface area (TPSA) is 139 Å². The number of aromatic nitrogens is 5. The molecule has 1 fully saturated rings. The van der Waals surface area contributed by atoms with Crippen molar-refractivity contribution in [2.75, 3.05) is 51.1 Å². The van der Waals surface area contributed by atoms with Crippen LogP contribution < -0.4 is 16.4 Å². The maximum atomic E-state index is 13.7. The Labute approximate surface area is 264 Å². The van der Waals surface area contributed by atoms with Crippen LogP contribution in [0, 0.1) is 0 Å². The minimum absolute atomic E-state index is 0.0282. The molecule has 0 aliphatic carbocycles. The van der Waals surface area contributed by atoms with Gasteiger partial charge in [-0.2, -0.15) is 18.3 Å². The van der Waals surface area contributed by atoms with E-state index in [4.69, 9.17) is 17.3 Å². The first kappa shape index (κ1) is 33.0. The number of hydrogen-bond acceptors (Lipinski definition) is 8. The molecule has 4 heterocycles. The number of piperazine rings is 1. The highest BCUT2D eigenvalue weighted by Crippen LogP contribution is 2.37. The molecule has 5 rings (SSSR count). The quantitative estimate of drug-likeness (QED) is 0.163. The normalized spacial score (nSPS) is 14.3. The Morgan fingerprint density at radius 2 is 1.87 bits per heavy atom. The number of fused-ring (bicyclic) bond motifs is 1. The van der Waals surface area contributed by atoms with Crippen LogP contribution in [0.1, 0.15) is 22.5 Å². The fourth-order valence-corrected chi connectivity index (χ4v) is 5.29. The summed E-state index contributed by atoms with van der Waals surface area (Å²) < 4.78 is 68.8. The van der Waals surface area contributed by atoms with E-state index in [9.17, 15) is 31.5 Å². The van der Waals surface area contributed by atoms with Crippen molar-refractivity contribution in [3.63, 3.8) is 0 Å². The molecule has 4 aromatic rings. The van der Waals surface area contributed by atoms with E-state index in [0.29, 0.717) is 56.1 Å². The van der Waals surface area contributed by atoms with Crippen LogP contribution in [0.4, 0.5) is 33.5 Å². The number of carbonyl (C=O) groups excluding carboxylic acids is 2. The summed E-state index contributed by atoms with van der Waals surface area (Å²) in [6.45, 7) is 2.12. The summed E-state index contributed by atoms with van der Waals surface area (Å²) in [6.07, 6.45) is -2.30. The number of amides is 2. The summed E-state index contributed by atoms with van der Waals surface area (Å²) >= 11 is 6.50. The van der Waals surface area contributed by atoms with Crippen molar-refractivity contribution in [3.05, 3.63) is 59.3 Å². The summed E-state index contributed by atoms with van der Waals surface area (Å²) in [7, 11) is 0. The Morgan fingerprint density at radius 3 is 2.54 bits per heavy atom. The van der Waals surface area contributed by atoms with Gasteiger partial charge in [-0.15, -0.1) is 0 Å².